The van der Waals surface area contributed by atoms with Crippen molar-refractivity contribution < 1.29 is 0 Å². The molecule has 0 amide bonds. The first-order valence-corrected chi connectivity index (χ1v) is 19.0. The van der Waals surface area contributed by atoms with Crippen molar-refractivity contribution >= 4 is 75.9 Å². The van der Waals surface area contributed by atoms with Crippen LogP contribution < -0.4 is 0 Å². The van der Waals surface area contributed by atoms with Crippen molar-refractivity contribution in [3.8, 4) is 34.4 Å². The molecule has 0 aliphatic carbocycles. The highest BCUT2D eigenvalue weighted by atomic mass is 15.2. The topological polar surface area (TPSA) is 48.5 Å². The minimum Gasteiger partial charge on any atom is -0.307 e. The minimum atomic E-state index is 0.573. The van der Waals surface area contributed by atoms with Gasteiger partial charge in [0.25, 0.3) is 0 Å². The van der Waals surface area contributed by atoms with Crippen molar-refractivity contribution in [3.63, 3.8) is 0 Å². The van der Waals surface area contributed by atoms with Crippen LogP contribution in [0.3, 0.4) is 0 Å². The van der Waals surface area contributed by atoms with Gasteiger partial charge in [0.05, 0.1) is 22.1 Å². The van der Waals surface area contributed by atoms with Crippen LogP contribution in [-0.2, 0) is 0 Å². The van der Waals surface area contributed by atoms with Gasteiger partial charge in [-0.1, -0.05) is 158 Å². The predicted octanol–water partition coefficient (Wildman–Crippen LogP) is 12.9. The quantitative estimate of drug-likeness (QED) is 0.171. The van der Waals surface area contributed by atoms with E-state index < -0.39 is 0 Å². The van der Waals surface area contributed by atoms with Crippen molar-refractivity contribution in [1.82, 2.24) is 24.1 Å². The largest absolute Gasteiger partial charge is 0.307 e. The molecular formula is C51H31N5. The van der Waals surface area contributed by atoms with Gasteiger partial charge in [-0.15, -0.1) is 0 Å². The summed E-state index contributed by atoms with van der Waals surface area (Å²) < 4.78 is 4.71. The molecule has 0 fully saturated rings. The fourth-order valence-electron chi connectivity index (χ4n) is 8.90. The maximum absolute atomic E-state index is 5.28. The number of rotatable bonds is 4. The average Bonchev–Trinajstić information content (AvgIpc) is 3.79. The van der Waals surface area contributed by atoms with Crippen LogP contribution in [0.15, 0.2) is 188 Å². The van der Waals surface area contributed by atoms with Crippen molar-refractivity contribution in [3.05, 3.63) is 188 Å². The van der Waals surface area contributed by atoms with Gasteiger partial charge in [-0.2, -0.15) is 9.97 Å². The summed E-state index contributed by atoms with van der Waals surface area (Å²) in [4.78, 5) is 15.6. The molecule has 0 N–H and O–H groups in total. The molecule has 0 radical (unpaired) electrons. The van der Waals surface area contributed by atoms with Crippen LogP contribution in [0.1, 0.15) is 0 Å². The molecule has 0 aliphatic heterocycles. The molecule has 5 heteroatoms. The summed E-state index contributed by atoms with van der Waals surface area (Å²) in [6, 6.07) is 66.8. The molecule has 3 aromatic heterocycles. The van der Waals surface area contributed by atoms with Crippen LogP contribution in [-0.4, -0.2) is 24.1 Å². The average molecular weight is 714 g/mol. The van der Waals surface area contributed by atoms with Crippen LogP contribution >= 0.6 is 0 Å². The van der Waals surface area contributed by atoms with E-state index >= 15 is 0 Å². The smallest absolute Gasteiger partial charge is 0.238 e. The highest BCUT2D eigenvalue weighted by Crippen LogP contribution is 2.44. The van der Waals surface area contributed by atoms with Crippen LogP contribution in [0, 0.1) is 0 Å². The molecule has 0 spiro atoms. The van der Waals surface area contributed by atoms with Gasteiger partial charge in [-0.3, -0.25) is 4.57 Å². The van der Waals surface area contributed by atoms with Crippen LogP contribution in [0.5, 0.6) is 0 Å². The Kier molecular flexibility index (Phi) is 6.56. The molecule has 0 aliphatic rings. The lowest BCUT2D eigenvalue weighted by Gasteiger charge is -2.14. The van der Waals surface area contributed by atoms with Crippen LogP contribution in [0.4, 0.5) is 0 Å². The Balaban J connectivity index is 1.29. The molecule has 56 heavy (non-hydrogen) atoms. The molecule has 0 atom stereocenters. The van der Waals surface area contributed by atoms with Crippen molar-refractivity contribution in [1.29, 1.82) is 0 Å². The first-order chi connectivity index (χ1) is 27.8. The summed E-state index contributed by atoms with van der Waals surface area (Å²) in [6.45, 7) is 0. The summed E-state index contributed by atoms with van der Waals surface area (Å²) in [5.74, 6) is 1.82. The first-order valence-electron chi connectivity index (χ1n) is 19.0. The Bertz CT molecular complexity index is 3450. The summed E-state index contributed by atoms with van der Waals surface area (Å²) in [7, 11) is 0. The zero-order chi connectivity index (χ0) is 36.7. The number of aromatic nitrogens is 5. The van der Waals surface area contributed by atoms with Crippen molar-refractivity contribution in [2.24, 2.45) is 0 Å². The Labute approximate surface area is 321 Å². The maximum atomic E-state index is 5.28. The van der Waals surface area contributed by atoms with Gasteiger partial charge in [-0.25, -0.2) is 4.98 Å². The zero-order valence-corrected chi connectivity index (χ0v) is 30.1. The fourth-order valence-corrected chi connectivity index (χ4v) is 8.90. The SMILES string of the molecule is c1ccc(-c2nc(-c3ccccc3)nc(-n3c4ccccc4c4ccc5c6cc7c8ccccc8c8ccccc8c7cc6n(-c6ccccc6)c5c43)n2)cc1. The van der Waals surface area contributed by atoms with E-state index in [4.69, 9.17) is 15.0 Å². The summed E-state index contributed by atoms with van der Waals surface area (Å²) in [5.41, 5.74) is 7.29. The van der Waals surface area contributed by atoms with Gasteiger partial charge in [0.15, 0.2) is 11.6 Å². The van der Waals surface area contributed by atoms with Gasteiger partial charge < -0.3 is 4.57 Å². The maximum Gasteiger partial charge on any atom is 0.238 e. The molecule has 260 valence electrons. The lowest BCUT2D eigenvalue weighted by Crippen LogP contribution is -2.07. The van der Waals surface area contributed by atoms with E-state index in [9.17, 15) is 0 Å². The Morgan fingerprint density at radius 2 is 0.732 bits per heavy atom. The monoisotopic (exact) mass is 713 g/mol. The highest BCUT2D eigenvalue weighted by molar-refractivity contribution is 6.30. The second kappa shape index (κ2) is 11.9. The summed E-state index contributed by atoms with van der Waals surface area (Å²) in [6.07, 6.45) is 0. The Morgan fingerprint density at radius 1 is 0.286 bits per heavy atom. The number of nitrogens with zero attached hydrogens (tertiary/aromatic N) is 5. The number of benzene rings is 9. The minimum absolute atomic E-state index is 0.573. The zero-order valence-electron chi connectivity index (χ0n) is 30.1. The van der Waals surface area contributed by atoms with Gasteiger partial charge in [0, 0.05) is 38.4 Å². The van der Waals surface area contributed by atoms with Gasteiger partial charge >= 0.3 is 0 Å². The van der Waals surface area contributed by atoms with E-state index in [2.05, 4.69) is 161 Å². The summed E-state index contributed by atoms with van der Waals surface area (Å²) in [5, 5.41) is 12.2. The van der Waals surface area contributed by atoms with E-state index in [0.717, 1.165) is 49.7 Å². The van der Waals surface area contributed by atoms with E-state index in [1.807, 2.05) is 36.4 Å². The number of hydrogen-bond donors (Lipinski definition) is 0. The Morgan fingerprint density at radius 3 is 1.32 bits per heavy atom. The molecule has 0 unspecified atom stereocenters. The van der Waals surface area contributed by atoms with E-state index in [0.29, 0.717) is 17.6 Å². The number of para-hydroxylation sites is 2. The summed E-state index contributed by atoms with van der Waals surface area (Å²) >= 11 is 0. The van der Waals surface area contributed by atoms with Crippen LogP contribution in [0.25, 0.3) is 110 Å². The molecule has 0 saturated carbocycles. The third kappa shape index (κ3) is 4.46. The lowest BCUT2D eigenvalue weighted by molar-refractivity contribution is 0.953. The molecule has 5 nitrogen and oxygen atoms in total. The normalized spacial score (nSPS) is 11.9. The highest BCUT2D eigenvalue weighted by Gasteiger charge is 2.24. The molecule has 0 bridgehead atoms. The molecule has 0 saturated heterocycles. The van der Waals surface area contributed by atoms with Gasteiger partial charge in [-0.05, 0) is 62.6 Å². The lowest BCUT2D eigenvalue weighted by atomic mass is 9.93. The van der Waals surface area contributed by atoms with Gasteiger partial charge in [0.2, 0.25) is 5.95 Å². The molecular weight excluding hydrogens is 683 g/mol. The van der Waals surface area contributed by atoms with Gasteiger partial charge in [0.1, 0.15) is 0 Å². The number of fused-ring (bicyclic) bond motifs is 13. The van der Waals surface area contributed by atoms with E-state index in [1.165, 1.54) is 43.1 Å². The molecule has 9 aromatic carbocycles. The van der Waals surface area contributed by atoms with E-state index in [1.54, 1.807) is 0 Å². The third-order valence-electron chi connectivity index (χ3n) is 11.3. The molecule has 12 aromatic rings. The second-order valence-corrected chi connectivity index (χ2v) is 14.4. The third-order valence-corrected chi connectivity index (χ3v) is 11.3. The predicted molar refractivity (Wildman–Crippen MR) is 232 cm³/mol. The van der Waals surface area contributed by atoms with Crippen molar-refractivity contribution in [2.45, 2.75) is 0 Å². The molecule has 12 rings (SSSR count). The van der Waals surface area contributed by atoms with Crippen LogP contribution in [0.2, 0.25) is 0 Å². The number of hydrogen-bond acceptors (Lipinski definition) is 3. The Hall–Kier alpha value is -7.63. The molecule has 3 heterocycles. The van der Waals surface area contributed by atoms with E-state index in [-0.39, 0.29) is 0 Å². The fraction of sp³-hybridized carbons (Fsp3) is 0. The second-order valence-electron chi connectivity index (χ2n) is 14.4. The standard InChI is InChI=1S/C51H31N5/c1-4-16-32(17-5-1)49-52-50(33-18-6-2-7-19-33)54-51(53-49)56-45-27-15-14-26-39(45)40-28-29-41-44-30-42-37-24-12-10-22-35(37)36-23-11-13-25-38(36)43(42)31-46(44)55(47(41)48(40)56)34-20-8-3-9-21-34/h1-31H. The first kappa shape index (κ1) is 30.8. The van der Waals surface area contributed by atoms with Crippen molar-refractivity contribution in [2.75, 3.05) is 0 Å².